The summed E-state index contributed by atoms with van der Waals surface area (Å²) in [5.41, 5.74) is 1.04. The van der Waals surface area contributed by atoms with Gasteiger partial charge in [-0.3, -0.25) is 0 Å². The van der Waals surface area contributed by atoms with Crippen LogP contribution < -0.4 is 0 Å². The molecule has 76 valence electrons. The monoisotopic (exact) mass is 200 g/mol. The van der Waals surface area contributed by atoms with E-state index < -0.39 is 8.56 Å². The van der Waals surface area contributed by atoms with Gasteiger partial charge < -0.3 is 8.85 Å². The summed E-state index contributed by atoms with van der Waals surface area (Å²) in [6, 6.07) is 0. The molecule has 0 saturated carbocycles. The first kappa shape index (κ1) is 11.0. The molecule has 1 rings (SSSR count). The third kappa shape index (κ3) is 2.21. The molecule has 0 radical (unpaired) electrons. The summed E-state index contributed by atoms with van der Waals surface area (Å²) < 4.78 is 11.9. The fourth-order valence-corrected chi connectivity index (χ4v) is 5.33. The first-order valence-corrected chi connectivity index (χ1v) is 6.99. The van der Waals surface area contributed by atoms with E-state index in [0.29, 0.717) is 11.1 Å². The van der Waals surface area contributed by atoms with E-state index in [9.17, 15) is 0 Å². The summed E-state index contributed by atoms with van der Waals surface area (Å²) in [6.07, 6.45) is 4.11. The molecular weight excluding hydrogens is 180 g/mol. The third-order valence-corrected chi connectivity index (χ3v) is 7.04. The summed E-state index contributed by atoms with van der Waals surface area (Å²) in [4.78, 5) is 0. The zero-order valence-corrected chi connectivity index (χ0v) is 10.0. The van der Waals surface area contributed by atoms with Gasteiger partial charge in [0, 0.05) is 0 Å². The molecule has 0 amide bonds. The Morgan fingerprint density at radius 2 is 1.31 bits per heavy atom. The zero-order valence-electron chi connectivity index (χ0n) is 9.04. The summed E-state index contributed by atoms with van der Waals surface area (Å²) >= 11 is 0. The molecule has 1 heterocycles. The Morgan fingerprint density at radius 3 is 1.62 bits per heavy atom. The highest BCUT2D eigenvalue weighted by molar-refractivity contribution is 6.70. The average molecular weight is 200 g/mol. The van der Waals surface area contributed by atoms with Gasteiger partial charge in [0.1, 0.15) is 0 Å². The first-order chi connectivity index (χ1) is 6.09. The molecule has 0 unspecified atom stereocenters. The topological polar surface area (TPSA) is 18.5 Å². The molecule has 1 aliphatic heterocycles. The number of hydrogen-bond acceptors (Lipinski definition) is 2. The van der Waals surface area contributed by atoms with E-state index >= 15 is 0 Å². The Morgan fingerprint density at radius 1 is 0.923 bits per heavy atom. The predicted molar refractivity (Wildman–Crippen MR) is 57.0 cm³/mol. The van der Waals surface area contributed by atoms with Gasteiger partial charge in [-0.05, 0) is 11.1 Å². The van der Waals surface area contributed by atoms with E-state index in [1.807, 2.05) is 0 Å². The highest BCUT2D eigenvalue weighted by Gasteiger charge is 2.44. The molecule has 0 atom stereocenters. The Hall–Kier alpha value is -0.123. The smallest absolute Gasteiger partial charge is 0.343 e. The molecule has 0 fully saturated rings. The highest BCUT2D eigenvalue weighted by atomic mass is 28.4. The van der Waals surface area contributed by atoms with Crippen LogP contribution >= 0.6 is 0 Å². The lowest BCUT2D eigenvalue weighted by atomic mass is 10.5. The van der Waals surface area contributed by atoms with Crippen molar-refractivity contribution in [1.29, 1.82) is 0 Å². The molecule has 0 aliphatic carbocycles. The van der Waals surface area contributed by atoms with Gasteiger partial charge in [0.25, 0.3) is 0 Å². The normalized spacial score (nSPS) is 22.3. The van der Waals surface area contributed by atoms with Crippen LogP contribution in [-0.4, -0.2) is 21.8 Å². The Balaban J connectivity index is 2.77. The van der Waals surface area contributed by atoms with Gasteiger partial charge in [-0.2, -0.15) is 0 Å². The lowest BCUT2D eigenvalue weighted by Crippen LogP contribution is -2.47. The third-order valence-electron chi connectivity index (χ3n) is 2.59. The van der Waals surface area contributed by atoms with Crippen molar-refractivity contribution in [3.05, 3.63) is 12.2 Å². The second-order valence-corrected chi connectivity index (χ2v) is 8.45. The molecule has 0 N–H and O–H groups in total. The van der Waals surface area contributed by atoms with Gasteiger partial charge in [0.05, 0.1) is 13.2 Å². The number of hydrogen-bond donors (Lipinski definition) is 0. The van der Waals surface area contributed by atoms with Crippen molar-refractivity contribution < 1.29 is 8.85 Å². The largest absolute Gasteiger partial charge is 0.390 e. The van der Waals surface area contributed by atoms with Crippen LogP contribution in [0.15, 0.2) is 12.2 Å². The molecule has 13 heavy (non-hydrogen) atoms. The summed E-state index contributed by atoms with van der Waals surface area (Å²) in [5.74, 6) is 0. The Labute approximate surface area is 82.2 Å². The van der Waals surface area contributed by atoms with Crippen LogP contribution in [0.4, 0.5) is 0 Å². The van der Waals surface area contributed by atoms with Crippen LogP contribution in [0.5, 0.6) is 0 Å². The quantitative estimate of drug-likeness (QED) is 0.504. The van der Waals surface area contributed by atoms with E-state index in [-0.39, 0.29) is 0 Å². The molecule has 0 aromatic rings. The molecule has 1 aliphatic rings. The second-order valence-electron chi connectivity index (χ2n) is 4.12. The minimum atomic E-state index is -1.95. The van der Waals surface area contributed by atoms with E-state index in [2.05, 4.69) is 39.8 Å². The van der Waals surface area contributed by atoms with Crippen molar-refractivity contribution in [2.75, 3.05) is 13.2 Å². The van der Waals surface area contributed by atoms with Crippen molar-refractivity contribution >= 4 is 8.56 Å². The maximum atomic E-state index is 5.94. The van der Waals surface area contributed by atoms with Gasteiger partial charge in [-0.15, -0.1) is 0 Å². The molecule has 0 aromatic carbocycles. The maximum Gasteiger partial charge on any atom is 0.343 e. The van der Waals surface area contributed by atoms with E-state index in [0.717, 1.165) is 13.2 Å². The van der Waals surface area contributed by atoms with Crippen LogP contribution in [0.3, 0.4) is 0 Å². The van der Waals surface area contributed by atoms with Gasteiger partial charge >= 0.3 is 8.56 Å². The fraction of sp³-hybridized carbons (Fsp3) is 0.800. The standard InChI is InChI=1S/C10H20O2Si/c1-9(2)13(10(3)4)11-7-5-6-8-12-13/h5-6,9-10H,7-8H2,1-4H3. The summed E-state index contributed by atoms with van der Waals surface area (Å²) in [5, 5.41) is 0. The van der Waals surface area contributed by atoms with E-state index in [4.69, 9.17) is 8.85 Å². The molecule has 3 heteroatoms. The molecular formula is C10H20O2Si. The van der Waals surface area contributed by atoms with Crippen LogP contribution in [0, 0.1) is 0 Å². The maximum absolute atomic E-state index is 5.94. The predicted octanol–water partition coefficient (Wildman–Crippen LogP) is 2.85. The van der Waals surface area contributed by atoms with Gasteiger partial charge in [-0.25, -0.2) is 0 Å². The van der Waals surface area contributed by atoms with Gasteiger partial charge in [0.15, 0.2) is 0 Å². The molecule has 0 bridgehead atoms. The molecule has 0 spiro atoms. The zero-order chi connectivity index (χ0) is 9.90. The Bertz CT molecular complexity index is 167. The van der Waals surface area contributed by atoms with Crippen molar-refractivity contribution in [3.8, 4) is 0 Å². The average Bonchev–Trinajstić information content (AvgIpc) is 2.28. The van der Waals surface area contributed by atoms with Crippen molar-refractivity contribution in [3.63, 3.8) is 0 Å². The van der Waals surface area contributed by atoms with Gasteiger partial charge in [0.2, 0.25) is 0 Å². The van der Waals surface area contributed by atoms with Crippen molar-refractivity contribution in [2.45, 2.75) is 38.8 Å². The first-order valence-electron chi connectivity index (χ1n) is 5.02. The highest BCUT2D eigenvalue weighted by Crippen LogP contribution is 2.35. The molecule has 0 saturated heterocycles. The number of rotatable bonds is 2. The van der Waals surface area contributed by atoms with Gasteiger partial charge in [-0.1, -0.05) is 39.8 Å². The van der Waals surface area contributed by atoms with Crippen LogP contribution in [0.2, 0.25) is 11.1 Å². The minimum absolute atomic E-state index is 0.521. The second kappa shape index (κ2) is 4.40. The SMILES string of the molecule is CC(C)[Si]1(C(C)C)OCC=CCO1. The Kier molecular flexibility index (Phi) is 3.70. The van der Waals surface area contributed by atoms with E-state index in [1.165, 1.54) is 0 Å². The van der Waals surface area contributed by atoms with Crippen LogP contribution in [0.1, 0.15) is 27.7 Å². The fourth-order valence-electron chi connectivity index (χ4n) is 1.87. The summed E-state index contributed by atoms with van der Waals surface area (Å²) in [6.45, 7) is 10.3. The van der Waals surface area contributed by atoms with E-state index in [1.54, 1.807) is 0 Å². The van der Waals surface area contributed by atoms with Crippen molar-refractivity contribution in [1.82, 2.24) is 0 Å². The van der Waals surface area contributed by atoms with Crippen molar-refractivity contribution in [2.24, 2.45) is 0 Å². The summed E-state index contributed by atoms with van der Waals surface area (Å²) in [7, 11) is -1.95. The lowest BCUT2D eigenvalue weighted by Gasteiger charge is -2.35. The minimum Gasteiger partial charge on any atom is -0.390 e. The lowest BCUT2D eigenvalue weighted by molar-refractivity contribution is 0.193. The molecule has 0 aromatic heterocycles. The molecule has 2 nitrogen and oxygen atoms in total. The van der Waals surface area contributed by atoms with Crippen LogP contribution in [-0.2, 0) is 8.85 Å². The van der Waals surface area contributed by atoms with Crippen LogP contribution in [0.25, 0.3) is 0 Å².